The molecule has 5 N–H and O–H groups in total. The zero-order valence-electron chi connectivity index (χ0n) is 16.7. The van der Waals surface area contributed by atoms with Gasteiger partial charge in [-0.15, -0.1) is 0 Å². The monoisotopic (exact) mass is 412 g/mol. The number of carboxylic acid groups (broad SMARTS) is 1. The highest BCUT2D eigenvalue weighted by Gasteiger charge is 2.38. The van der Waals surface area contributed by atoms with E-state index in [0.29, 0.717) is 32.2 Å². The minimum atomic E-state index is -3.91. The van der Waals surface area contributed by atoms with Crippen LogP contribution >= 0.6 is 7.37 Å². The summed E-state index contributed by atoms with van der Waals surface area (Å²) in [5, 5.41) is 12.1. The van der Waals surface area contributed by atoms with Gasteiger partial charge in [0.2, 0.25) is 13.3 Å². The molecule has 0 spiro atoms. The maximum Gasteiger partial charge on any atom is 0.307 e. The van der Waals surface area contributed by atoms with Gasteiger partial charge in [0, 0.05) is 12.6 Å². The zero-order valence-corrected chi connectivity index (χ0v) is 17.6. The number of carbonyl (C=O) groups is 2. The van der Waals surface area contributed by atoms with Gasteiger partial charge in [-0.3, -0.25) is 14.2 Å². The van der Waals surface area contributed by atoms with Crippen molar-refractivity contribution in [3.05, 3.63) is 35.9 Å². The Morgan fingerprint density at radius 3 is 2.36 bits per heavy atom. The Labute approximate surface area is 167 Å². The number of hydrogen-bond acceptors (Lipinski definition) is 4. The summed E-state index contributed by atoms with van der Waals surface area (Å²) in [5.74, 6) is -3.59. The van der Waals surface area contributed by atoms with Crippen LogP contribution in [0.1, 0.15) is 45.1 Å². The van der Waals surface area contributed by atoms with Gasteiger partial charge in [-0.2, -0.15) is 0 Å². The van der Waals surface area contributed by atoms with Gasteiger partial charge in [0.05, 0.1) is 5.92 Å². The SMILES string of the molecule is CC(C)C(NC(=O)CCc1ccccc1)P(=O)(O)C[C@@H](CCCCN)C(=O)O. The normalized spacial score (nSPS) is 15.6. The summed E-state index contributed by atoms with van der Waals surface area (Å²) >= 11 is 0. The molecule has 7 nitrogen and oxygen atoms in total. The fraction of sp³-hybridized carbons (Fsp3) is 0.600. The minimum absolute atomic E-state index is 0.200. The van der Waals surface area contributed by atoms with Crippen LogP contribution in [0, 0.1) is 11.8 Å². The third-order valence-electron chi connectivity index (χ3n) is 4.70. The van der Waals surface area contributed by atoms with Crippen LogP contribution in [0.2, 0.25) is 0 Å². The van der Waals surface area contributed by atoms with Crippen molar-refractivity contribution >= 4 is 19.2 Å². The Balaban J connectivity index is 2.73. The molecule has 0 aliphatic heterocycles. The maximum atomic E-state index is 13.0. The van der Waals surface area contributed by atoms with Crippen molar-refractivity contribution < 1.29 is 24.2 Å². The average molecular weight is 412 g/mol. The van der Waals surface area contributed by atoms with Crippen molar-refractivity contribution in [1.82, 2.24) is 5.32 Å². The molecule has 1 rings (SSSR count). The summed E-state index contributed by atoms with van der Waals surface area (Å²) in [4.78, 5) is 34.4. The van der Waals surface area contributed by atoms with Crippen molar-refractivity contribution in [3.63, 3.8) is 0 Å². The lowest BCUT2D eigenvalue weighted by Gasteiger charge is -2.29. The molecule has 1 amide bonds. The summed E-state index contributed by atoms with van der Waals surface area (Å²) in [7, 11) is -3.91. The fourth-order valence-electron chi connectivity index (χ4n) is 3.13. The number of nitrogens with one attached hydrogen (secondary N) is 1. The standard InChI is InChI=1S/C20H33N2O5P/c1-15(2)19(22-18(23)12-11-16-8-4-3-5-9-16)28(26,27)14-17(20(24)25)10-6-7-13-21/h3-5,8-9,15,17,19H,6-7,10-14,21H2,1-2H3,(H,22,23)(H,24,25)(H,26,27)/t17-,19?/m1/s1. The number of amides is 1. The summed E-state index contributed by atoms with van der Waals surface area (Å²) in [6, 6.07) is 9.52. The molecular weight excluding hydrogens is 379 g/mol. The third-order valence-corrected chi connectivity index (χ3v) is 7.26. The van der Waals surface area contributed by atoms with Crippen LogP contribution in [0.3, 0.4) is 0 Å². The van der Waals surface area contributed by atoms with Gasteiger partial charge in [-0.1, -0.05) is 50.6 Å². The Kier molecular flexibility index (Phi) is 10.4. The van der Waals surface area contributed by atoms with Crippen molar-refractivity contribution in [2.75, 3.05) is 12.7 Å². The zero-order chi connectivity index (χ0) is 21.2. The molecular formula is C20H33N2O5P. The molecule has 0 bridgehead atoms. The molecule has 0 radical (unpaired) electrons. The summed E-state index contributed by atoms with van der Waals surface area (Å²) < 4.78 is 13.0. The number of nitrogens with two attached hydrogens (primary N) is 1. The first-order valence-electron chi connectivity index (χ1n) is 9.75. The second kappa shape index (κ2) is 12.0. The number of aryl methyl sites for hydroxylation is 1. The first kappa shape index (κ1) is 24.3. The number of carbonyl (C=O) groups excluding carboxylic acids is 1. The molecule has 158 valence electrons. The van der Waals surface area contributed by atoms with Crippen molar-refractivity contribution in [2.24, 2.45) is 17.6 Å². The van der Waals surface area contributed by atoms with Crippen LogP contribution in [0.5, 0.6) is 0 Å². The van der Waals surface area contributed by atoms with E-state index in [0.717, 1.165) is 5.56 Å². The third kappa shape index (κ3) is 8.55. The number of rotatable bonds is 13. The van der Waals surface area contributed by atoms with E-state index in [1.54, 1.807) is 13.8 Å². The van der Waals surface area contributed by atoms with Gasteiger partial charge >= 0.3 is 5.97 Å². The Bertz CT molecular complexity index is 666. The molecule has 0 aliphatic carbocycles. The lowest BCUT2D eigenvalue weighted by Crippen LogP contribution is -2.40. The van der Waals surface area contributed by atoms with E-state index >= 15 is 0 Å². The van der Waals surface area contributed by atoms with Crippen molar-refractivity contribution in [1.29, 1.82) is 0 Å². The van der Waals surface area contributed by atoms with Crippen LogP contribution in [-0.2, 0) is 20.6 Å². The Morgan fingerprint density at radius 2 is 1.82 bits per heavy atom. The van der Waals surface area contributed by atoms with Crippen LogP contribution in [0.25, 0.3) is 0 Å². The summed E-state index contributed by atoms with van der Waals surface area (Å²) in [5.41, 5.74) is 6.44. The molecule has 0 aliphatic rings. The molecule has 0 fully saturated rings. The van der Waals surface area contributed by atoms with E-state index in [4.69, 9.17) is 5.73 Å². The average Bonchev–Trinajstić information content (AvgIpc) is 2.64. The fourth-order valence-corrected chi connectivity index (χ4v) is 5.61. The van der Waals surface area contributed by atoms with E-state index in [1.165, 1.54) is 0 Å². The lowest BCUT2D eigenvalue weighted by atomic mass is 10.0. The van der Waals surface area contributed by atoms with E-state index in [1.807, 2.05) is 30.3 Å². The minimum Gasteiger partial charge on any atom is -0.481 e. The van der Waals surface area contributed by atoms with E-state index in [2.05, 4.69) is 5.32 Å². The van der Waals surface area contributed by atoms with Crippen LogP contribution < -0.4 is 11.1 Å². The lowest BCUT2D eigenvalue weighted by molar-refractivity contribution is -0.141. The summed E-state index contributed by atoms with van der Waals surface area (Å²) in [6.45, 7) is 3.94. The van der Waals surface area contributed by atoms with Gasteiger partial charge in [-0.25, -0.2) is 0 Å². The highest BCUT2D eigenvalue weighted by Crippen LogP contribution is 2.50. The van der Waals surface area contributed by atoms with Crippen LogP contribution in [0.15, 0.2) is 30.3 Å². The highest BCUT2D eigenvalue weighted by atomic mass is 31.2. The molecule has 0 saturated heterocycles. The topological polar surface area (TPSA) is 130 Å². The van der Waals surface area contributed by atoms with Crippen LogP contribution in [-0.4, -0.2) is 40.4 Å². The van der Waals surface area contributed by atoms with E-state index < -0.39 is 25.0 Å². The molecule has 0 saturated carbocycles. The van der Waals surface area contributed by atoms with E-state index in [9.17, 15) is 24.2 Å². The second-order valence-corrected chi connectivity index (χ2v) is 9.93. The molecule has 1 aromatic carbocycles. The van der Waals surface area contributed by atoms with Gasteiger partial charge in [0.1, 0.15) is 5.78 Å². The number of unbranched alkanes of at least 4 members (excludes halogenated alkanes) is 1. The predicted molar refractivity (Wildman–Crippen MR) is 110 cm³/mol. The summed E-state index contributed by atoms with van der Waals surface area (Å²) in [6.07, 6.45) is 1.93. The number of hydrogen-bond donors (Lipinski definition) is 4. The van der Waals surface area contributed by atoms with Gasteiger partial charge in [0.25, 0.3) is 0 Å². The first-order valence-corrected chi connectivity index (χ1v) is 11.7. The molecule has 2 unspecified atom stereocenters. The highest BCUT2D eigenvalue weighted by molar-refractivity contribution is 7.58. The largest absolute Gasteiger partial charge is 0.481 e. The smallest absolute Gasteiger partial charge is 0.307 e. The van der Waals surface area contributed by atoms with E-state index in [-0.39, 0.29) is 24.4 Å². The first-order chi connectivity index (χ1) is 13.2. The molecule has 8 heteroatoms. The molecule has 3 atom stereocenters. The molecule has 1 aromatic rings. The van der Waals surface area contributed by atoms with Crippen molar-refractivity contribution in [3.8, 4) is 0 Å². The van der Waals surface area contributed by atoms with Gasteiger partial charge in [-0.05, 0) is 37.3 Å². The maximum absolute atomic E-state index is 13.0. The number of carboxylic acids is 1. The van der Waals surface area contributed by atoms with Crippen LogP contribution in [0.4, 0.5) is 0 Å². The Morgan fingerprint density at radius 1 is 1.18 bits per heavy atom. The molecule has 28 heavy (non-hydrogen) atoms. The Hall–Kier alpha value is -1.69. The molecule has 0 heterocycles. The van der Waals surface area contributed by atoms with Gasteiger partial charge in [0.15, 0.2) is 0 Å². The quantitative estimate of drug-likeness (QED) is 0.291. The number of benzene rings is 1. The second-order valence-electron chi connectivity index (χ2n) is 7.50. The predicted octanol–water partition coefficient (Wildman–Crippen LogP) is 2.82. The van der Waals surface area contributed by atoms with Gasteiger partial charge < -0.3 is 21.1 Å². The van der Waals surface area contributed by atoms with Crippen molar-refractivity contribution in [2.45, 2.75) is 51.7 Å². The molecule has 0 aromatic heterocycles. The number of aliphatic carboxylic acids is 1.